The highest BCUT2D eigenvalue weighted by Crippen LogP contribution is 2.26. The highest BCUT2D eigenvalue weighted by Gasteiger charge is 2.43. The summed E-state index contributed by atoms with van der Waals surface area (Å²) in [5.41, 5.74) is 1.42. The van der Waals surface area contributed by atoms with Crippen LogP contribution >= 0.6 is 0 Å². The van der Waals surface area contributed by atoms with Gasteiger partial charge >= 0.3 is 0 Å². The number of nitrogens with zero attached hydrogens (tertiary/aromatic N) is 4. The molecule has 1 aliphatic heterocycles. The smallest absolute Gasteiger partial charge is 0.263 e. The summed E-state index contributed by atoms with van der Waals surface area (Å²) in [6.07, 6.45) is 2.62. The first kappa shape index (κ1) is 22.2. The molecule has 14 heteroatoms. The molecule has 2 aromatic rings. The number of rotatable bonds is 6. The van der Waals surface area contributed by atoms with Crippen molar-refractivity contribution in [1.82, 2.24) is 23.6 Å². The number of benzene rings is 1. The molecule has 1 fully saturated rings. The molecule has 1 aliphatic rings. The number of ether oxygens (including phenoxy) is 1. The van der Waals surface area contributed by atoms with Gasteiger partial charge in [-0.2, -0.15) is 8.61 Å². The topological polar surface area (TPSA) is 151 Å². The van der Waals surface area contributed by atoms with Crippen LogP contribution in [0.1, 0.15) is 0 Å². The van der Waals surface area contributed by atoms with E-state index < -0.39 is 38.5 Å². The number of hydrogen-bond acceptors (Lipinski definition) is 8. The average molecular weight is 460 g/mol. The Bertz CT molecular complexity index is 1130. The molecule has 3 rings (SSSR count). The quantitative estimate of drug-likeness (QED) is 0.412. The molecule has 2 heterocycles. The number of aryl methyl sites for hydroxylation is 1. The van der Waals surface area contributed by atoms with Gasteiger partial charge in [0.1, 0.15) is 11.8 Å². The zero-order valence-corrected chi connectivity index (χ0v) is 17.8. The van der Waals surface area contributed by atoms with Crippen LogP contribution in [0.2, 0.25) is 0 Å². The number of piperazine rings is 1. The van der Waals surface area contributed by atoms with Crippen molar-refractivity contribution in [3.8, 4) is 5.75 Å². The molecule has 1 aromatic carbocycles. The van der Waals surface area contributed by atoms with Gasteiger partial charge in [-0.25, -0.2) is 27.3 Å². The number of sulfonamides is 2. The summed E-state index contributed by atoms with van der Waals surface area (Å²) in [6.45, 7) is -0.970. The maximum Gasteiger partial charge on any atom is 0.263 e. The maximum atomic E-state index is 13.1. The molecule has 12 nitrogen and oxygen atoms in total. The van der Waals surface area contributed by atoms with Crippen LogP contribution in [-0.2, 0) is 31.9 Å². The lowest BCUT2D eigenvalue weighted by Crippen LogP contribution is -2.61. The normalized spacial score (nSPS) is 18.8. The molecule has 1 atom stereocenters. The van der Waals surface area contributed by atoms with E-state index in [2.05, 4.69) is 4.98 Å². The molecular weight excluding hydrogens is 438 g/mol. The second-order valence-electron chi connectivity index (χ2n) is 6.52. The number of amides is 1. The van der Waals surface area contributed by atoms with Crippen LogP contribution in [0.5, 0.6) is 5.75 Å². The van der Waals surface area contributed by atoms with Crippen molar-refractivity contribution in [3.63, 3.8) is 0 Å². The van der Waals surface area contributed by atoms with E-state index in [9.17, 15) is 21.6 Å². The van der Waals surface area contributed by atoms with E-state index in [0.717, 1.165) is 8.61 Å². The van der Waals surface area contributed by atoms with Crippen molar-refractivity contribution < 1.29 is 31.6 Å². The first-order valence-electron chi connectivity index (χ1n) is 8.69. The molecule has 1 saturated heterocycles. The van der Waals surface area contributed by atoms with Crippen LogP contribution in [-0.4, -0.2) is 78.9 Å². The maximum absolute atomic E-state index is 13.1. The fourth-order valence-corrected chi connectivity index (χ4v) is 6.05. The largest absolute Gasteiger partial charge is 0.497 e. The van der Waals surface area contributed by atoms with Gasteiger partial charge in [-0.15, -0.1) is 0 Å². The molecule has 30 heavy (non-hydrogen) atoms. The zero-order chi connectivity index (χ0) is 22.1. The fraction of sp³-hybridized carbons (Fsp3) is 0.375. The third kappa shape index (κ3) is 4.04. The minimum absolute atomic E-state index is 0.0972. The summed E-state index contributed by atoms with van der Waals surface area (Å²) in [4.78, 5) is 16.0. The monoisotopic (exact) mass is 459 g/mol. The Morgan fingerprint density at radius 2 is 1.83 bits per heavy atom. The van der Waals surface area contributed by atoms with Gasteiger partial charge in [0, 0.05) is 32.9 Å². The van der Waals surface area contributed by atoms with E-state index in [0.29, 0.717) is 5.75 Å². The van der Waals surface area contributed by atoms with Gasteiger partial charge in [0.05, 0.1) is 18.3 Å². The number of hydroxylamine groups is 1. The number of hydrogen-bond donors (Lipinski definition) is 2. The summed E-state index contributed by atoms with van der Waals surface area (Å²) in [6, 6.07) is 4.07. The van der Waals surface area contributed by atoms with Crippen molar-refractivity contribution in [1.29, 1.82) is 0 Å². The van der Waals surface area contributed by atoms with Crippen molar-refractivity contribution in [2.45, 2.75) is 16.0 Å². The molecule has 0 bridgehead atoms. The van der Waals surface area contributed by atoms with Crippen LogP contribution < -0.4 is 10.2 Å². The minimum Gasteiger partial charge on any atom is -0.497 e. The van der Waals surface area contributed by atoms with Gasteiger partial charge in [0.2, 0.25) is 10.0 Å². The lowest BCUT2D eigenvalue weighted by atomic mass is 10.2. The Balaban J connectivity index is 1.93. The highest BCUT2D eigenvalue weighted by molar-refractivity contribution is 7.89. The summed E-state index contributed by atoms with van der Waals surface area (Å²) < 4.78 is 60.1. The molecule has 164 valence electrons. The lowest BCUT2D eigenvalue weighted by molar-refractivity contribution is -0.134. The third-order valence-corrected chi connectivity index (χ3v) is 8.33. The van der Waals surface area contributed by atoms with E-state index >= 15 is 0 Å². The summed E-state index contributed by atoms with van der Waals surface area (Å²) in [5.74, 6) is -0.599. The molecule has 1 amide bonds. The van der Waals surface area contributed by atoms with Crippen molar-refractivity contribution in [3.05, 3.63) is 36.8 Å². The van der Waals surface area contributed by atoms with Crippen molar-refractivity contribution in [2.24, 2.45) is 7.05 Å². The molecule has 0 radical (unpaired) electrons. The van der Waals surface area contributed by atoms with Gasteiger partial charge in [-0.1, -0.05) is 0 Å². The third-order valence-electron chi connectivity index (χ3n) is 4.66. The molecule has 2 N–H and O–H groups in total. The van der Waals surface area contributed by atoms with Gasteiger partial charge in [0.15, 0.2) is 5.03 Å². The molecule has 0 spiro atoms. The van der Waals surface area contributed by atoms with Gasteiger partial charge in [0.25, 0.3) is 15.9 Å². The zero-order valence-electron chi connectivity index (χ0n) is 16.2. The van der Waals surface area contributed by atoms with Crippen molar-refractivity contribution >= 4 is 26.0 Å². The van der Waals surface area contributed by atoms with Crippen LogP contribution in [0, 0.1) is 0 Å². The standard InChI is InChI=1S/C16H21N5O7S2/c1-19-10-15(17-11-19)30(26,27)20-7-8-21(14(9-20)16(22)18-23)29(24,25)13-5-3-12(28-2)4-6-13/h3-6,10-11,14,23H,7-9H2,1-2H3,(H,18,22). The number of nitrogens with one attached hydrogen (secondary N) is 1. The Morgan fingerprint density at radius 3 is 2.37 bits per heavy atom. The Hall–Kier alpha value is -2.52. The molecule has 0 aliphatic carbocycles. The van der Waals surface area contributed by atoms with Crippen LogP contribution in [0.25, 0.3) is 0 Å². The molecule has 0 saturated carbocycles. The number of methoxy groups -OCH3 is 1. The average Bonchev–Trinajstić information content (AvgIpc) is 3.19. The Kier molecular flexibility index (Phi) is 6.14. The number of carbonyl (C=O) groups excluding carboxylic acids is 1. The second kappa shape index (κ2) is 8.31. The van der Waals surface area contributed by atoms with Crippen molar-refractivity contribution in [2.75, 3.05) is 26.7 Å². The molecular formula is C16H21N5O7S2. The second-order valence-corrected chi connectivity index (χ2v) is 10.3. The number of aromatic nitrogens is 2. The van der Waals surface area contributed by atoms with Crippen LogP contribution in [0.4, 0.5) is 0 Å². The van der Waals surface area contributed by atoms with E-state index in [1.807, 2.05) is 0 Å². The molecule has 1 unspecified atom stereocenters. The van der Waals surface area contributed by atoms with Crippen LogP contribution in [0.3, 0.4) is 0 Å². The van der Waals surface area contributed by atoms with E-state index in [4.69, 9.17) is 9.94 Å². The summed E-state index contributed by atoms with van der Waals surface area (Å²) >= 11 is 0. The minimum atomic E-state index is -4.16. The predicted molar refractivity (Wildman–Crippen MR) is 103 cm³/mol. The summed E-state index contributed by atoms with van der Waals surface area (Å²) in [7, 11) is -5.17. The van der Waals surface area contributed by atoms with E-state index in [1.165, 1.54) is 53.9 Å². The first-order chi connectivity index (χ1) is 14.1. The number of carbonyl (C=O) groups is 1. The van der Waals surface area contributed by atoms with E-state index in [1.54, 1.807) is 7.05 Å². The molecule has 1 aromatic heterocycles. The Labute approximate surface area is 173 Å². The van der Waals surface area contributed by atoms with E-state index in [-0.39, 0.29) is 23.0 Å². The first-order valence-corrected chi connectivity index (χ1v) is 11.6. The SMILES string of the molecule is COc1ccc(S(=O)(=O)N2CCN(S(=O)(=O)c3cn(C)cn3)CC2C(=O)NO)cc1. The van der Waals surface area contributed by atoms with Gasteiger partial charge in [-0.05, 0) is 24.3 Å². The van der Waals surface area contributed by atoms with Gasteiger partial charge in [-0.3, -0.25) is 10.0 Å². The van der Waals surface area contributed by atoms with Gasteiger partial charge < -0.3 is 9.30 Å². The Morgan fingerprint density at radius 1 is 1.17 bits per heavy atom. The predicted octanol–water partition coefficient (Wildman–Crippen LogP) is -1.00. The summed E-state index contributed by atoms with van der Waals surface area (Å²) in [5, 5.41) is 8.88. The number of imidazole rings is 1. The van der Waals surface area contributed by atoms with Crippen LogP contribution in [0.15, 0.2) is 46.7 Å². The lowest BCUT2D eigenvalue weighted by Gasteiger charge is -2.38. The fourth-order valence-electron chi connectivity index (χ4n) is 3.07. The highest BCUT2D eigenvalue weighted by atomic mass is 32.2.